The van der Waals surface area contributed by atoms with Crippen molar-refractivity contribution in [1.82, 2.24) is 15.5 Å². The number of nitrogens with zero attached hydrogens (tertiary/aromatic N) is 1. The molecule has 0 bridgehead atoms. The molecule has 138 valence electrons. The van der Waals surface area contributed by atoms with Gasteiger partial charge < -0.3 is 20.0 Å². The SMILES string of the molecule is Cc1ccc(C(=O)NCC(=O)NC2CCN(C(=O)c3ccco3)CC2)s1. The fourth-order valence-corrected chi connectivity index (χ4v) is 3.65. The van der Waals surface area contributed by atoms with Crippen LogP contribution in [0, 0.1) is 6.92 Å². The Balaban J connectivity index is 1.39. The molecule has 1 saturated heterocycles. The highest BCUT2D eigenvalue weighted by Gasteiger charge is 2.25. The monoisotopic (exact) mass is 375 g/mol. The van der Waals surface area contributed by atoms with Crippen LogP contribution in [0.3, 0.4) is 0 Å². The molecule has 0 aliphatic carbocycles. The maximum Gasteiger partial charge on any atom is 0.289 e. The van der Waals surface area contributed by atoms with E-state index in [1.165, 1.54) is 17.6 Å². The Morgan fingerprint density at radius 2 is 2.00 bits per heavy atom. The van der Waals surface area contributed by atoms with Crippen molar-refractivity contribution in [3.63, 3.8) is 0 Å². The number of carbonyl (C=O) groups is 3. The number of hydrogen-bond acceptors (Lipinski definition) is 5. The molecule has 3 amide bonds. The van der Waals surface area contributed by atoms with Gasteiger partial charge in [-0.05, 0) is 44.0 Å². The Kier molecular flexibility index (Phi) is 5.72. The van der Waals surface area contributed by atoms with Crippen molar-refractivity contribution in [2.45, 2.75) is 25.8 Å². The van der Waals surface area contributed by atoms with Gasteiger partial charge in [-0.1, -0.05) is 0 Å². The van der Waals surface area contributed by atoms with Crippen molar-refractivity contribution in [2.75, 3.05) is 19.6 Å². The lowest BCUT2D eigenvalue weighted by molar-refractivity contribution is -0.121. The van der Waals surface area contributed by atoms with Gasteiger partial charge in [0, 0.05) is 24.0 Å². The number of rotatable bonds is 5. The van der Waals surface area contributed by atoms with Crippen LogP contribution in [0.1, 0.15) is 37.9 Å². The Labute approximate surface area is 155 Å². The Morgan fingerprint density at radius 1 is 1.23 bits per heavy atom. The molecule has 0 unspecified atom stereocenters. The lowest BCUT2D eigenvalue weighted by Gasteiger charge is -2.31. The molecule has 0 aromatic carbocycles. The molecule has 8 heteroatoms. The van der Waals surface area contributed by atoms with E-state index in [4.69, 9.17) is 4.42 Å². The number of thiophene rings is 1. The first-order valence-electron chi connectivity index (χ1n) is 8.49. The number of aryl methyl sites for hydroxylation is 1. The zero-order valence-electron chi connectivity index (χ0n) is 14.5. The summed E-state index contributed by atoms with van der Waals surface area (Å²) in [6.07, 6.45) is 2.83. The Morgan fingerprint density at radius 3 is 2.62 bits per heavy atom. The Bertz CT molecular complexity index is 776. The third-order valence-electron chi connectivity index (χ3n) is 4.25. The van der Waals surface area contributed by atoms with E-state index in [1.54, 1.807) is 23.1 Å². The molecule has 0 radical (unpaired) electrons. The maximum absolute atomic E-state index is 12.2. The number of carbonyl (C=O) groups excluding carboxylic acids is 3. The molecule has 7 nitrogen and oxygen atoms in total. The minimum Gasteiger partial charge on any atom is -0.459 e. The molecular weight excluding hydrogens is 354 g/mol. The number of nitrogens with one attached hydrogen (secondary N) is 2. The average Bonchev–Trinajstić information content (AvgIpc) is 3.31. The zero-order valence-corrected chi connectivity index (χ0v) is 15.3. The molecule has 3 heterocycles. The van der Waals surface area contributed by atoms with E-state index in [1.807, 2.05) is 13.0 Å². The summed E-state index contributed by atoms with van der Waals surface area (Å²) in [7, 11) is 0. The molecule has 1 fully saturated rings. The van der Waals surface area contributed by atoms with Crippen molar-refractivity contribution in [3.05, 3.63) is 46.0 Å². The summed E-state index contributed by atoms with van der Waals surface area (Å²) in [4.78, 5) is 39.6. The number of amides is 3. The maximum atomic E-state index is 12.2. The van der Waals surface area contributed by atoms with Gasteiger partial charge in [0.05, 0.1) is 17.7 Å². The molecule has 2 aromatic rings. The summed E-state index contributed by atoms with van der Waals surface area (Å²) in [5.74, 6) is -0.253. The topological polar surface area (TPSA) is 91.7 Å². The zero-order chi connectivity index (χ0) is 18.5. The molecular formula is C18H21N3O4S. The quantitative estimate of drug-likeness (QED) is 0.834. The van der Waals surface area contributed by atoms with Gasteiger partial charge >= 0.3 is 0 Å². The van der Waals surface area contributed by atoms with Gasteiger partial charge in [-0.25, -0.2) is 0 Å². The van der Waals surface area contributed by atoms with Crippen LogP contribution in [0.25, 0.3) is 0 Å². The smallest absolute Gasteiger partial charge is 0.289 e. The third kappa shape index (κ3) is 4.51. The van der Waals surface area contributed by atoms with Crippen LogP contribution in [-0.4, -0.2) is 48.3 Å². The van der Waals surface area contributed by atoms with E-state index < -0.39 is 0 Å². The first kappa shape index (κ1) is 18.2. The van der Waals surface area contributed by atoms with E-state index in [0.29, 0.717) is 36.6 Å². The van der Waals surface area contributed by atoms with E-state index in [2.05, 4.69) is 10.6 Å². The largest absolute Gasteiger partial charge is 0.459 e. The van der Waals surface area contributed by atoms with Crippen LogP contribution in [-0.2, 0) is 4.79 Å². The van der Waals surface area contributed by atoms with E-state index >= 15 is 0 Å². The second-order valence-corrected chi connectivity index (χ2v) is 7.49. The normalized spacial score (nSPS) is 14.9. The van der Waals surface area contributed by atoms with E-state index in [0.717, 1.165) is 4.88 Å². The number of piperidine rings is 1. The standard InChI is InChI=1S/C18H21N3O4S/c1-12-4-5-15(26-12)17(23)19-11-16(22)20-13-6-8-21(9-7-13)18(24)14-3-2-10-25-14/h2-5,10,13H,6-9,11H2,1H3,(H,19,23)(H,20,22). The van der Waals surface area contributed by atoms with Gasteiger partial charge in [0.1, 0.15) is 0 Å². The molecule has 2 aromatic heterocycles. The van der Waals surface area contributed by atoms with Crippen molar-refractivity contribution >= 4 is 29.1 Å². The van der Waals surface area contributed by atoms with Crippen molar-refractivity contribution in [2.24, 2.45) is 0 Å². The van der Waals surface area contributed by atoms with Crippen LogP contribution in [0.4, 0.5) is 0 Å². The highest BCUT2D eigenvalue weighted by atomic mass is 32.1. The highest BCUT2D eigenvalue weighted by molar-refractivity contribution is 7.13. The second-order valence-electron chi connectivity index (χ2n) is 6.20. The molecule has 26 heavy (non-hydrogen) atoms. The summed E-state index contributed by atoms with van der Waals surface area (Å²) in [6.45, 7) is 3.00. The first-order valence-corrected chi connectivity index (χ1v) is 9.31. The molecule has 0 saturated carbocycles. The lowest BCUT2D eigenvalue weighted by atomic mass is 10.0. The summed E-state index contributed by atoms with van der Waals surface area (Å²) in [5, 5.41) is 5.54. The lowest BCUT2D eigenvalue weighted by Crippen LogP contribution is -2.48. The molecule has 0 atom stereocenters. The van der Waals surface area contributed by atoms with Gasteiger partial charge in [-0.3, -0.25) is 14.4 Å². The van der Waals surface area contributed by atoms with Gasteiger partial charge in [0.2, 0.25) is 5.91 Å². The van der Waals surface area contributed by atoms with Crippen molar-refractivity contribution < 1.29 is 18.8 Å². The minimum atomic E-state index is -0.239. The predicted octanol–water partition coefficient (Wildman–Crippen LogP) is 1.80. The second kappa shape index (κ2) is 8.18. The predicted molar refractivity (Wildman–Crippen MR) is 97.2 cm³/mol. The van der Waals surface area contributed by atoms with Gasteiger partial charge in [-0.15, -0.1) is 11.3 Å². The number of hydrogen-bond donors (Lipinski definition) is 2. The summed E-state index contributed by atoms with van der Waals surface area (Å²) in [5.41, 5.74) is 0. The summed E-state index contributed by atoms with van der Waals surface area (Å²) in [6, 6.07) is 6.96. The van der Waals surface area contributed by atoms with Crippen LogP contribution >= 0.6 is 11.3 Å². The highest BCUT2D eigenvalue weighted by Crippen LogP contribution is 2.15. The van der Waals surface area contributed by atoms with Gasteiger partial charge in [-0.2, -0.15) is 0 Å². The molecule has 3 rings (SSSR count). The summed E-state index contributed by atoms with van der Waals surface area (Å²) >= 11 is 1.40. The van der Waals surface area contributed by atoms with Crippen molar-refractivity contribution in [1.29, 1.82) is 0 Å². The van der Waals surface area contributed by atoms with Crippen LogP contribution < -0.4 is 10.6 Å². The molecule has 1 aliphatic heterocycles. The van der Waals surface area contributed by atoms with E-state index in [-0.39, 0.29) is 30.3 Å². The van der Waals surface area contributed by atoms with Crippen LogP contribution in [0.2, 0.25) is 0 Å². The minimum absolute atomic E-state index is 0.00374. The van der Waals surface area contributed by atoms with Crippen LogP contribution in [0.15, 0.2) is 34.9 Å². The molecule has 0 spiro atoms. The van der Waals surface area contributed by atoms with Gasteiger partial charge in [0.15, 0.2) is 5.76 Å². The fourth-order valence-electron chi connectivity index (χ4n) is 2.87. The van der Waals surface area contributed by atoms with Crippen molar-refractivity contribution in [3.8, 4) is 0 Å². The fraction of sp³-hybridized carbons (Fsp3) is 0.389. The Hall–Kier alpha value is -2.61. The molecule has 1 aliphatic rings. The third-order valence-corrected chi connectivity index (χ3v) is 5.25. The van der Waals surface area contributed by atoms with E-state index in [9.17, 15) is 14.4 Å². The summed E-state index contributed by atoms with van der Waals surface area (Å²) < 4.78 is 5.13. The first-order chi connectivity index (χ1) is 12.5. The average molecular weight is 375 g/mol. The van der Waals surface area contributed by atoms with Crippen LogP contribution in [0.5, 0.6) is 0 Å². The number of likely N-dealkylation sites (tertiary alicyclic amines) is 1. The van der Waals surface area contributed by atoms with Gasteiger partial charge in [0.25, 0.3) is 11.8 Å². The number of furan rings is 1. The molecule has 2 N–H and O–H groups in total.